The van der Waals surface area contributed by atoms with Crippen LogP contribution in [0.4, 0.5) is 0 Å². The van der Waals surface area contributed by atoms with E-state index in [2.05, 4.69) is 17.7 Å². The third kappa shape index (κ3) is 2.81. The number of carbonyl (C=O) groups is 1. The van der Waals surface area contributed by atoms with Crippen LogP contribution in [0, 0.1) is 13.8 Å². The monoisotopic (exact) mass is 288 g/mol. The minimum absolute atomic E-state index is 0.406. The molecule has 4 heteroatoms. The van der Waals surface area contributed by atoms with Crippen LogP contribution in [0.15, 0.2) is 12.3 Å². The molecule has 2 rings (SSSR count). The predicted molar refractivity (Wildman–Crippen MR) is 86.0 cm³/mol. The fourth-order valence-electron chi connectivity index (χ4n) is 3.10. The van der Waals surface area contributed by atoms with E-state index in [1.54, 1.807) is 6.07 Å². The van der Waals surface area contributed by atoms with Gasteiger partial charge in [-0.25, -0.2) is 4.79 Å². The van der Waals surface area contributed by atoms with Crippen LogP contribution < -0.4 is 5.73 Å². The van der Waals surface area contributed by atoms with Gasteiger partial charge in [-0.1, -0.05) is 6.92 Å². The van der Waals surface area contributed by atoms with Crippen molar-refractivity contribution >= 4 is 16.9 Å². The van der Waals surface area contributed by atoms with Gasteiger partial charge in [-0.15, -0.1) is 0 Å². The highest BCUT2D eigenvalue weighted by molar-refractivity contribution is 5.99. The molecule has 4 nitrogen and oxygen atoms in total. The first-order valence-corrected chi connectivity index (χ1v) is 7.56. The molecule has 114 valence electrons. The number of hydrogen-bond acceptors (Lipinski definition) is 2. The van der Waals surface area contributed by atoms with Gasteiger partial charge in [-0.3, -0.25) is 0 Å². The van der Waals surface area contributed by atoms with Crippen molar-refractivity contribution in [2.24, 2.45) is 5.73 Å². The fourth-order valence-corrected chi connectivity index (χ4v) is 3.10. The minimum Gasteiger partial charge on any atom is -0.478 e. The molecule has 21 heavy (non-hydrogen) atoms. The quantitative estimate of drug-likeness (QED) is 0.857. The largest absolute Gasteiger partial charge is 0.478 e. The second kappa shape index (κ2) is 6.31. The lowest BCUT2D eigenvalue weighted by Crippen LogP contribution is -2.03. The standard InChI is InChI=1S/C17H24N2O2/c1-4-8-19-10-13(6-5-7-18)15-12(3)14(17(20)21)9-11(2)16(15)19/h9-10H,4-8,18H2,1-3H3,(H,20,21). The second-order valence-electron chi connectivity index (χ2n) is 5.63. The van der Waals surface area contributed by atoms with Crippen molar-refractivity contribution in [3.05, 3.63) is 34.5 Å². The van der Waals surface area contributed by atoms with E-state index in [1.807, 2.05) is 13.8 Å². The van der Waals surface area contributed by atoms with Crippen LogP contribution >= 0.6 is 0 Å². The first-order chi connectivity index (χ1) is 10.0. The van der Waals surface area contributed by atoms with E-state index in [-0.39, 0.29) is 0 Å². The summed E-state index contributed by atoms with van der Waals surface area (Å²) in [4.78, 5) is 11.4. The van der Waals surface area contributed by atoms with Gasteiger partial charge in [-0.2, -0.15) is 0 Å². The van der Waals surface area contributed by atoms with E-state index in [9.17, 15) is 9.90 Å². The number of carboxylic acid groups (broad SMARTS) is 1. The second-order valence-corrected chi connectivity index (χ2v) is 5.63. The van der Waals surface area contributed by atoms with Crippen LogP contribution in [0.1, 0.15) is 46.8 Å². The lowest BCUT2D eigenvalue weighted by Gasteiger charge is -2.10. The highest BCUT2D eigenvalue weighted by Crippen LogP contribution is 2.31. The van der Waals surface area contributed by atoms with Crippen LogP contribution in [0.25, 0.3) is 10.9 Å². The van der Waals surface area contributed by atoms with Gasteiger partial charge < -0.3 is 15.4 Å². The molecule has 0 amide bonds. The van der Waals surface area contributed by atoms with Gasteiger partial charge in [0.25, 0.3) is 0 Å². The zero-order valence-corrected chi connectivity index (χ0v) is 13.1. The number of aryl methyl sites for hydroxylation is 4. The van der Waals surface area contributed by atoms with E-state index >= 15 is 0 Å². The average Bonchev–Trinajstić information content (AvgIpc) is 2.80. The molecule has 0 fully saturated rings. The van der Waals surface area contributed by atoms with Gasteiger partial charge in [0, 0.05) is 18.1 Å². The fraction of sp³-hybridized carbons (Fsp3) is 0.471. The highest BCUT2D eigenvalue weighted by atomic mass is 16.4. The van der Waals surface area contributed by atoms with Crippen molar-refractivity contribution in [3.8, 4) is 0 Å². The number of aromatic carboxylic acids is 1. The molecule has 0 saturated carbocycles. The summed E-state index contributed by atoms with van der Waals surface area (Å²) in [5.41, 5.74) is 10.3. The Kier molecular flexibility index (Phi) is 4.68. The lowest BCUT2D eigenvalue weighted by molar-refractivity contribution is 0.0696. The molecule has 0 radical (unpaired) electrons. The van der Waals surface area contributed by atoms with Crippen molar-refractivity contribution in [2.45, 2.75) is 46.6 Å². The maximum atomic E-state index is 11.4. The van der Waals surface area contributed by atoms with E-state index in [4.69, 9.17) is 5.73 Å². The number of rotatable bonds is 6. The van der Waals surface area contributed by atoms with Crippen LogP contribution in [-0.2, 0) is 13.0 Å². The predicted octanol–water partition coefficient (Wildman–Crippen LogP) is 3.26. The summed E-state index contributed by atoms with van der Waals surface area (Å²) in [6, 6.07) is 1.79. The average molecular weight is 288 g/mol. The van der Waals surface area contributed by atoms with Crippen molar-refractivity contribution in [1.29, 1.82) is 0 Å². The highest BCUT2D eigenvalue weighted by Gasteiger charge is 2.18. The Morgan fingerprint density at radius 3 is 2.67 bits per heavy atom. The Balaban J connectivity index is 2.74. The van der Waals surface area contributed by atoms with Gasteiger partial charge in [0.05, 0.1) is 11.1 Å². The Morgan fingerprint density at radius 1 is 1.38 bits per heavy atom. The van der Waals surface area contributed by atoms with E-state index in [0.717, 1.165) is 42.3 Å². The van der Waals surface area contributed by atoms with E-state index in [1.165, 1.54) is 11.1 Å². The molecule has 1 aromatic heterocycles. The number of benzene rings is 1. The molecule has 1 aromatic carbocycles. The minimum atomic E-state index is -0.856. The lowest BCUT2D eigenvalue weighted by atomic mass is 9.96. The zero-order chi connectivity index (χ0) is 15.6. The molecule has 0 atom stereocenters. The first kappa shape index (κ1) is 15.6. The number of nitrogens with zero attached hydrogens (tertiary/aromatic N) is 1. The summed E-state index contributed by atoms with van der Waals surface area (Å²) < 4.78 is 2.26. The van der Waals surface area contributed by atoms with E-state index in [0.29, 0.717) is 12.1 Å². The summed E-state index contributed by atoms with van der Waals surface area (Å²) >= 11 is 0. The summed E-state index contributed by atoms with van der Waals surface area (Å²) in [7, 11) is 0. The van der Waals surface area contributed by atoms with Crippen LogP contribution in [-0.4, -0.2) is 22.2 Å². The van der Waals surface area contributed by atoms with Gasteiger partial charge in [0.1, 0.15) is 0 Å². The Bertz CT molecular complexity index is 671. The molecule has 0 unspecified atom stereocenters. The smallest absolute Gasteiger partial charge is 0.335 e. The first-order valence-electron chi connectivity index (χ1n) is 7.56. The van der Waals surface area contributed by atoms with E-state index < -0.39 is 5.97 Å². The Labute approximate surface area is 125 Å². The molecule has 0 aliphatic carbocycles. The number of hydrogen-bond donors (Lipinski definition) is 2. The van der Waals surface area contributed by atoms with Crippen LogP contribution in [0.2, 0.25) is 0 Å². The van der Waals surface area contributed by atoms with Crippen LogP contribution in [0.3, 0.4) is 0 Å². The summed E-state index contributed by atoms with van der Waals surface area (Å²) in [5, 5.41) is 10.5. The van der Waals surface area contributed by atoms with Crippen LogP contribution in [0.5, 0.6) is 0 Å². The summed E-state index contributed by atoms with van der Waals surface area (Å²) in [6.07, 6.45) is 5.04. The van der Waals surface area contributed by atoms with Crippen molar-refractivity contribution in [2.75, 3.05) is 6.54 Å². The van der Waals surface area contributed by atoms with Gasteiger partial charge in [0.2, 0.25) is 0 Å². The third-order valence-electron chi connectivity index (χ3n) is 4.02. The zero-order valence-electron chi connectivity index (χ0n) is 13.1. The summed E-state index contributed by atoms with van der Waals surface area (Å²) in [5.74, 6) is -0.856. The number of nitrogens with two attached hydrogens (primary N) is 1. The van der Waals surface area contributed by atoms with Gasteiger partial charge in [-0.05, 0) is 62.4 Å². The number of aromatic nitrogens is 1. The maximum absolute atomic E-state index is 11.4. The topological polar surface area (TPSA) is 68.2 Å². The van der Waals surface area contributed by atoms with Crippen molar-refractivity contribution in [3.63, 3.8) is 0 Å². The molecule has 3 N–H and O–H groups in total. The molecular formula is C17H24N2O2. The Morgan fingerprint density at radius 2 is 2.10 bits per heavy atom. The molecule has 0 bridgehead atoms. The molecule has 0 spiro atoms. The normalized spacial score (nSPS) is 11.2. The molecular weight excluding hydrogens is 264 g/mol. The molecule has 0 aliphatic rings. The molecule has 0 aliphatic heterocycles. The number of carboxylic acids is 1. The Hall–Kier alpha value is -1.81. The molecule has 1 heterocycles. The van der Waals surface area contributed by atoms with Gasteiger partial charge >= 0.3 is 5.97 Å². The SMILES string of the molecule is CCCn1cc(CCCN)c2c(C)c(C(=O)O)cc(C)c21. The maximum Gasteiger partial charge on any atom is 0.335 e. The van der Waals surface area contributed by atoms with Crippen molar-refractivity contribution < 1.29 is 9.90 Å². The van der Waals surface area contributed by atoms with Crippen molar-refractivity contribution in [1.82, 2.24) is 4.57 Å². The summed E-state index contributed by atoms with van der Waals surface area (Å²) in [6.45, 7) is 7.66. The molecule has 0 saturated heterocycles. The molecule has 2 aromatic rings. The third-order valence-corrected chi connectivity index (χ3v) is 4.02. The number of fused-ring (bicyclic) bond motifs is 1. The van der Waals surface area contributed by atoms with Gasteiger partial charge in [0.15, 0.2) is 0 Å².